The lowest BCUT2D eigenvalue weighted by atomic mass is 9.68. The SMILES string of the molecule is CCCCCC[C@H]1CC[C@H](C2CCC(CCC(=O)Oc3ccc(C(F)(F)F)cc3)CC2)CC1. The van der Waals surface area contributed by atoms with Gasteiger partial charge in [-0.25, -0.2) is 0 Å². The molecule has 0 amide bonds. The van der Waals surface area contributed by atoms with E-state index in [0.717, 1.165) is 36.3 Å². The fraction of sp³-hybridized carbons (Fsp3) is 0.750. The maximum atomic E-state index is 12.6. The number of alkyl halides is 3. The smallest absolute Gasteiger partial charge is 0.416 e. The summed E-state index contributed by atoms with van der Waals surface area (Å²) in [4.78, 5) is 12.1. The molecule has 2 fully saturated rings. The van der Waals surface area contributed by atoms with E-state index in [0.29, 0.717) is 12.3 Å². The number of benzene rings is 1. The normalized spacial score (nSPS) is 26.2. The number of ether oxygens (including phenoxy) is 1. The van der Waals surface area contributed by atoms with E-state index in [1.165, 1.54) is 95.6 Å². The molecule has 0 spiro atoms. The maximum Gasteiger partial charge on any atom is 0.416 e. The van der Waals surface area contributed by atoms with Gasteiger partial charge in [-0.05, 0) is 80.0 Å². The molecule has 2 saturated carbocycles. The minimum Gasteiger partial charge on any atom is -0.427 e. The number of hydrogen-bond donors (Lipinski definition) is 0. The fourth-order valence-corrected chi connectivity index (χ4v) is 5.97. The van der Waals surface area contributed by atoms with Gasteiger partial charge in [-0.3, -0.25) is 4.79 Å². The van der Waals surface area contributed by atoms with E-state index < -0.39 is 11.7 Å². The molecule has 0 radical (unpaired) electrons. The Morgan fingerprint density at radius 3 is 1.88 bits per heavy atom. The van der Waals surface area contributed by atoms with E-state index >= 15 is 0 Å². The average Bonchev–Trinajstić information content (AvgIpc) is 2.81. The molecule has 1 aromatic carbocycles. The zero-order chi connectivity index (χ0) is 23.7. The van der Waals surface area contributed by atoms with Crippen molar-refractivity contribution in [1.29, 1.82) is 0 Å². The average molecular weight is 467 g/mol. The van der Waals surface area contributed by atoms with Crippen LogP contribution < -0.4 is 4.74 Å². The van der Waals surface area contributed by atoms with Gasteiger partial charge in [0, 0.05) is 6.42 Å². The molecule has 2 aliphatic rings. The van der Waals surface area contributed by atoms with Crippen LogP contribution in [0.25, 0.3) is 0 Å². The summed E-state index contributed by atoms with van der Waals surface area (Å²) in [5, 5.41) is 0. The van der Waals surface area contributed by atoms with Crippen LogP contribution in [0.15, 0.2) is 24.3 Å². The minimum atomic E-state index is -4.38. The van der Waals surface area contributed by atoms with Crippen LogP contribution in [0.5, 0.6) is 5.75 Å². The summed E-state index contributed by atoms with van der Waals surface area (Å²) >= 11 is 0. The molecule has 0 N–H and O–H groups in total. The van der Waals surface area contributed by atoms with Gasteiger partial charge < -0.3 is 4.74 Å². The number of carbonyl (C=O) groups is 1. The largest absolute Gasteiger partial charge is 0.427 e. The number of rotatable bonds is 10. The first-order valence-electron chi connectivity index (χ1n) is 13.2. The van der Waals surface area contributed by atoms with Gasteiger partial charge in [0.2, 0.25) is 0 Å². The number of hydrogen-bond acceptors (Lipinski definition) is 2. The molecule has 0 atom stereocenters. The summed E-state index contributed by atoms with van der Waals surface area (Å²) in [5.41, 5.74) is -0.737. The third-order valence-electron chi connectivity index (χ3n) is 8.09. The van der Waals surface area contributed by atoms with Gasteiger partial charge in [-0.15, -0.1) is 0 Å². The molecule has 0 unspecified atom stereocenters. The van der Waals surface area contributed by atoms with Crippen LogP contribution in [0, 0.1) is 23.7 Å². The molecule has 0 saturated heterocycles. The lowest BCUT2D eigenvalue weighted by Crippen LogP contribution is -2.26. The van der Waals surface area contributed by atoms with Gasteiger partial charge in [0.25, 0.3) is 0 Å². The minimum absolute atomic E-state index is 0.178. The van der Waals surface area contributed by atoms with Gasteiger partial charge in [-0.2, -0.15) is 13.2 Å². The molecule has 33 heavy (non-hydrogen) atoms. The molecule has 0 bridgehead atoms. The first-order valence-corrected chi connectivity index (χ1v) is 13.2. The summed E-state index contributed by atoms with van der Waals surface area (Å²) in [7, 11) is 0. The number of carbonyl (C=O) groups excluding carboxylic acids is 1. The van der Waals surface area contributed by atoms with E-state index in [2.05, 4.69) is 6.92 Å². The predicted octanol–water partition coefficient (Wildman–Crippen LogP) is 8.97. The molecule has 186 valence electrons. The van der Waals surface area contributed by atoms with Gasteiger partial charge in [-0.1, -0.05) is 64.7 Å². The van der Waals surface area contributed by atoms with Crippen LogP contribution in [-0.4, -0.2) is 5.97 Å². The molecular formula is C28H41F3O2. The Morgan fingerprint density at radius 1 is 0.818 bits per heavy atom. The third kappa shape index (κ3) is 8.64. The van der Waals surface area contributed by atoms with E-state index in [1.807, 2.05) is 0 Å². The van der Waals surface area contributed by atoms with Crippen molar-refractivity contribution in [3.8, 4) is 5.75 Å². The molecule has 2 aliphatic carbocycles. The fourth-order valence-electron chi connectivity index (χ4n) is 5.97. The summed E-state index contributed by atoms with van der Waals surface area (Å²) in [5.74, 6) is 3.12. The van der Waals surface area contributed by atoms with Crippen molar-refractivity contribution >= 4 is 5.97 Å². The second-order valence-corrected chi connectivity index (χ2v) is 10.4. The molecular weight excluding hydrogens is 425 g/mol. The van der Waals surface area contributed by atoms with Crippen molar-refractivity contribution in [3.05, 3.63) is 29.8 Å². The van der Waals surface area contributed by atoms with Crippen LogP contribution in [-0.2, 0) is 11.0 Å². The van der Waals surface area contributed by atoms with Gasteiger partial charge in [0.15, 0.2) is 0 Å². The highest BCUT2D eigenvalue weighted by molar-refractivity contribution is 5.72. The second-order valence-electron chi connectivity index (χ2n) is 10.4. The van der Waals surface area contributed by atoms with Crippen molar-refractivity contribution in [2.45, 2.75) is 109 Å². The number of esters is 1. The summed E-state index contributed by atoms with van der Waals surface area (Å²) in [6.45, 7) is 2.27. The lowest BCUT2D eigenvalue weighted by molar-refractivity contribution is -0.137. The van der Waals surface area contributed by atoms with Crippen LogP contribution in [0.3, 0.4) is 0 Å². The molecule has 0 aromatic heterocycles. The Labute approximate surface area is 197 Å². The highest BCUT2D eigenvalue weighted by atomic mass is 19.4. The Bertz CT molecular complexity index is 697. The van der Waals surface area contributed by atoms with E-state index in [1.54, 1.807) is 0 Å². The van der Waals surface area contributed by atoms with Gasteiger partial charge in [0.1, 0.15) is 5.75 Å². The van der Waals surface area contributed by atoms with E-state index in [9.17, 15) is 18.0 Å². The Kier molecular flexibility index (Phi) is 10.1. The summed E-state index contributed by atoms with van der Waals surface area (Å²) in [6, 6.07) is 4.32. The van der Waals surface area contributed by atoms with Crippen molar-refractivity contribution in [2.24, 2.45) is 23.7 Å². The van der Waals surface area contributed by atoms with Crippen LogP contribution in [0.2, 0.25) is 0 Å². The zero-order valence-corrected chi connectivity index (χ0v) is 20.2. The van der Waals surface area contributed by atoms with E-state index in [4.69, 9.17) is 4.74 Å². The Morgan fingerprint density at radius 2 is 1.36 bits per heavy atom. The molecule has 5 heteroatoms. The molecule has 0 aliphatic heterocycles. The lowest BCUT2D eigenvalue weighted by Gasteiger charge is -2.38. The highest BCUT2D eigenvalue weighted by Gasteiger charge is 2.31. The van der Waals surface area contributed by atoms with Crippen LogP contribution in [0.4, 0.5) is 13.2 Å². The first kappa shape index (κ1) is 26.1. The molecule has 2 nitrogen and oxygen atoms in total. The number of halogens is 3. The predicted molar refractivity (Wildman–Crippen MR) is 126 cm³/mol. The van der Waals surface area contributed by atoms with Gasteiger partial charge >= 0.3 is 12.1 Å². The van der Waals surface area contributed by atoms with Crippen molar-refractivity contribution in [3.63, 3.8) is 0 Å². The Hall–Kier alpha value is -1.52. The zero-order valence-electron chi connectivity index (χ0n) is 20.2. The summed E-state index contributed by atoms with van der Waals surface area (Å²) in [6.07, 6.45) is 14.3. The maximum absolute atomic E-state index is 12.6. The second kappa shape index (κ2) is 12.8. The highest BCUT2D eigenvalue weighted by Crippen LogP contribution is 2.43. The topological polar surface area (TPSA) is 26.3 Å². The first-order chi connectivity index (χ1) is 15.8. The van der Waals surface area contributed by atoms with Crippen LogP contribution in [0.1, 0.15) is 109 Å². The molecule has 0 heterocycles. The number of unbranched alkanes of at least 4 members (excludes halogenated alkanes) is 3. The third-order valence-corrected chi connectivity index (χ3v) is 8.09. The Balaban J connectivity index is 1.29. The van der Waals surface area contributed by atoms with Crippen LogP contribution >= 0.6 is 0 Å². The standard InChI is InChI=1S/C28H41F3O2/c1-2-3-4-5-6-21-7-12-23(13-8-21)24-14-9-22(10-15-24)11-20-27(32)33-26-18-16-25(17-19-26)28(29,30)31/h16-19,21-24H,2-15,20H2,1H3/t21-,22?,23-,24?. The van der Waals surface area contributed by atoms with Crippen molar-refractivity contribution in [1.82, 2.24) is 0 Å². The van der Waals surface area contributed by atoms with E-state index in [-0.39, 0.29) is 11.7 Å². The molecule has 3 rings (SSSR count). The van der Waals surface area contributed by atoms with Crippen molar-refractivity contribution in [2.75, 3.05) is 0 Å². The van der Waals surface area contributed by atoms with Crippen molar-refractivity contribution < 1.29 is 22.7 Å². The quantitative estimate of drug-likeness (QED) is 0.195. The summed E-state index contributed by atoms with van der Waals surface area (Å²) < 4.78 is 43.1. The monoisotopic (exact) mass is 466 g/mol. The van der Waals surface area contributed by atoms with Gasteiger partial charge in [0.05, 0.1) is 5.56 Å². The molecule has 1 aromatic rings.